The quantitative estimate of drug-likeness (QED) is 0.745. The van der Waals surface area contributed by atoms with Gasteiger partial charge in [0.2, 0.25) is 0 Å². The van der Waals surface area contributed by atoms with E-state index in [2.05, 4.69) is 13.8 Å². The van der Waals surface area contributed by atoms with Crippen molar-refractivity contribution in [3.63, 3.8) is 0 Å². The van der Waals surface area contributed by atoms with Gasteiger partial charge in [-0.05, 0) is 42.9 Å². The van der Waals surface area contributed by atoms with E-state index in [9.17, 15) is 10.2 Å². The van der Waals surface area contributed by atoms with Gasteiger partial charge in [-0.15, -0.1) is 0 Å². The molecular formula is C13H20O2. The van der Waals surface area contributed by atoms with Crippen LogP contribution in [0.5, 0.6) is 11.5 Å². The van der Waals surface area contributed by atoms with Gasteiger partial charge >= 0.3 is 0 Å². The summed E-state index contributed by atoms with van der Waals surface area (Å²) in [6.07, 6.45) is 3.86. The lowest BCUT2D eigenvalue weighted by Crippen LogP contribution is -1.94. The highest BCUT2D eigenvalue weighted by Crippen LogP contribution is 2.35. The van der Waals surface area contributed by atoms with Gasteiger partial charge in [0.25, 0.3) is 0 Å². The number of benzene rings is 1. The summed E-state index contributed by atoms with van der Waals surface area (Å²) in [5.74, 6) is 0.124. The average molecular weight is 208 g/mol. The van der Waals surface area contributed by atoms with Gasteiger partial charge in [0.05, 0.1) is 0 Å². The normalized spacial score (nSPS) is 10.6. The highest BCUT2D eigenvalue weighted by Gasteiger charge is 2.12. The van der Waals surface area contributed by atoms with E-state index < -0.39 is 0 Å². The molecule has 2 heteroatoms. The SMILES string of the molecule is CCCCc1cc(CC)c(C)c(O)c1O. The fourth-order valence-electron chi connectivity index (χ4n) is 1.79. The monoisotopic (exact) mass is 208 g/mol. The predicted molar refractivity (Wildman–Crippen MR) is 62.5 cm³/mol. The van der Waals surface area contributed by atoms with E-state index in [-0.39, 0.29) is 11.5 Å². The Balaban J connectivity index is 3.11. The van der Waals surface area contributed by atoms with Crippen LogP contribution in [0.25, 0.3) is 0 Å². The number of aromatic hydroxyl groups is 2. The molecule has 1 aromatic rings. The van der Waals surface area contributed by atoms with E-state index >= 15 is 0 Å². The molecule has 0 radical (unpaired) electrons. The second-order valence-electron chi connectivity index (χ2n) is 3.97. The highest BCUT2D eigenvalue weighted by molar-refractivity contribution is 5.53. The lowest BCUT2D eigenvalue weighted by atomic mass is 9.98. The summed E-state index contributed by atoms with van der Waals surface area (Å²) in [6, 6.07) is 2.01. The number of phenols is 2. The third kappa shape index (κ3) is 2.44. The molecule has 0 saturated carbocycles. The molecule has 0 heterocycles. The molecule has 1 aromatic carbocycles. The minimum absolute atomic E-state index is 0.0560. The van der Waals surface area contributed by atoms with E-state index in [1.165, 1.54) is 0 Å². The van der Waals surface area contributed by atoms with Gasteiger partial charge in [-0.2, -0.15) is 0 Å². The van der Waals surface area contributed by atoms with Crippen LogP contribution < -0.4 is 0 Å². The summed E-state index contributed by atoms with van der Waals surface area (Å²) in [7, 11) is 0. The van der Waals surface area contributed by atoms with Crippen LogP contribution in [0.3, 0.4) is 0 Å². The number of hydrogen-bond acceptors (Lipinski definition) is 2. The minimum atomic E-state index is 0.0560. The molecule has 0 fully saturated rings. The zero-order valence-corrected chi connectivity index (χ0v) is 9.80. The molecular weight excluding hydrogens is 188 g/mol. The number of hydrogen-bond donors (Lipinski definition) is 2. The summed E-state index contributed by atoms with van der Waals surface area (Å²) in [4.78, 5) is 0. The van der Waals surface area contributed by atoms with Crippen LogP contribution in [0.15, 0.2) is 6.07 Å². The molecule has 0 saturated heterocycles. The molecule has 0 aliphatic carbocycles. The standard InChI is InChI=1S/C13H20O2/c1-4-6-7-11-8-10(5-2)9(3)12(14)13(11)15/h8,14-15H,4-7H2,1-3H3. The molecule has 15 heavy (non-hydrogen) atoms. The van der Waals surface area contributed by atoms with Crippen molar-refractivity contribution >= 4 is 0 Å². The summed E-state index contributed by atoms with van der Waals surface area (Å²) >= 11 is 0. The van der Waals surface area contributed by atoms with Gasteiger partial charge in [0.1, 0.15) is 0 Å². The Hall–Kier alpha value is -1.18. The van der Waals surface area contributed by atoms with Crippen LogP contribution in [0.4, 0.5) is 0 Å². The Morgan fingerprint density at radius 2 is 1.73 bits per heavy atom. The van der Waals surface area contributed by atoms with E-state index in [0.29, 0.717) is 0 Å². The molecule has 0 aromatic heterocycles. The summed E-state index contributed by atoms with van der Waals surface area (Å²) in [6.45, 7) is 6.02. The van der Waals surface area contributed by atoms with Gasteiger partial charge < -0.3 is 10.2 Å². The van der Waals surface area contributed by atoms with Gasteiger partial charge in [-0.25, -0.2) is 0 Å². The molecule has 0 spiro atoms. The van der Waals surface area contributed by atoms with Crippen LogP contribution in [-0.2, 0) is 12.8 Å². The summed E-state index contributed by atoms with van der Waals surface area (Å²) in [5, 5.41) is 19.5. The molecule has 0 aliphatic rings. The minimum Gasteiger partial charge on any atom is -0.504 e. The maximum Gasteiger partial charge on any atom is 0.160 e. The smallest absolute Gasteiger partial charge is 0.160 e. The first-order valence-electron chi connectivity index (χ1n) is 5.65. The van der Waals surface area contributed by atoms with E-state index in [4.69, 9.17) is 0 Å². The van der Waals surface area contributed by atoms with Gasteiger partial charge in [0.15, 0.2) is 11.5 Å². The maximum absolute atomic E-state index is 9.77. The molecule has 0 amide bonds. The molecule has 0 atom stereocenters. The van der Waals surface area contributed by atoms with Crippen LogP contribution in [0.1, 0.15) is 43.4 Å². The van der Waals surface area contributed by atoms with Gasteiger partial charge in [-0.1, -0.05) is 26.3 Å². The van der Waals surface area contributed by atoms with Crippen LogP contribution in [0, 0.1) is 6.92 Å². The topological polar surface area (TPSA) is 40.5 Å². The number of unbranched alkanes of at least 4 members (excludes halogenated alkanes) is 1. The number of aryl methyl sites for hydroxylation is 2. The van der Waals surface area contributed by atoms with E-state index in [1.54, 1.807) is 0 Å². The average Bonchev–Trinajstić information content (AvgIpc) is 2.25. The summed E-state index contributed by atoms with van der Waals surface area (Å²) < 4.78 is 0. The Bertz CT molecular complexity index is 343. The maximum atomic E-state index is 9.77. The number of rotatable bonds is 4. The van der Waals surface area contributed by atoms with Crippen molar-refractivity contribution in [1.82, 2.24) is 0 Å². The Labute approximate surface area is 91.6 Å². The molecule has 84 valence electrons. The molecule has 0 aliphatic heterocycles. The molecule has 1 rings (SSSR count). The van der Waals surface area contributed by atoms with Crippen molar-refractivity contribution in [2.45, 2.75) is 46.5 Å². The summed E-state index contributed by atoms with van der Waals surface area (Å²) in [5.41, 5.74) is 2.79. The second kappa shape index (κ2) is 5.06. The molecule has 0 bridgehead atoms. The number of phenolic OH excluding ortho intramolecular Hbond substituents is 2. The van der Waals surface area contributed by atoms with Crippen molar-refractivity contribution in [3.05, 3.63) is 22.8 Å². The fourth-order valence-corrected chi connectivity index (χ4v) is 1.79. The van der Waals surface area contributed by atoms with Crippen molar-refractivity contribution in [1.29, 1.82) is 0 Å². The van der Waals surface area contributed by atoms with Crippen LogP contribution in [-0.4, -0.2) is 10.2 Å². The third-order valence-electron chi connectivity index (χ3n) is 2.89. The zero-order valence-electron chi connectivity index (χ0n) is 9.80. The first kappa shape index (κ1) is 11.9. The van der Waals surface area contributed by atoms with Crippen molar-refractivity contribution in [2.75, 3.05) is 0 Å². The Morgan fingerprint density at radius 1 is 1.07 bits per heavy atom. The van der Waals surface area contributed by atoms with Crippen molar-refractivity contribution < 1.29 is 10.2 Å². The zero-order chi connectivity index (χ0) is 11.4. The van der Waals surface area contributed by atoms with E-state index in [0.717, 1.165) is 42.4 Å². The Morgan fingerprint density at radius 3 is 2.27 bits per heavy atom. The molecule has 2 nitrogen and oxygen atoms in total. The van der Waals surface area contributed by atoms with Crippen molar-refractivity contribution in [3.8, 4) is 11.5 Å². The first-order valence-corrected chi connectivity index (χ1v) is 5.65. The highest BCUT2D eigenvalue weighted by atomic mass is 16.3. The van der Waals surface area contributed by atoms with Crippen LogP contribution in [0.2, 0.25) is 0 Å². The first-order chi connectivity index (χ1) is 7.11. The lowest BCUT2D eigenvalue weighted by molar-refractivity contribution is 0.395. The fraction of sp³-hybridized carbons (Fsp3) is 0.538. The largest absolute Gasteiger partial charge is 0.504 e. The van der Waals surface area contributed by atoms with Gasteiger partial charge in [0, 0.05) is 0 Å². The van der Waals surface area contributed by atoms with Crippen molar-refractivity contribution in [2.24, 2.45) is 0 Å². The lowest BCUT2D eigenvalue weighted by Gasteiger charge is -2.12. The van der Waals surface area contributed by atoms with Crippen LogP contribution >= 0.6 is 0 Å². The molecule has 2 N–H and O–H groups in total. The van der Waals surface area contributed by atoms with Gasteiger partial charge in [-0.3, -0.25) is 0 Å². The Kier molecular flexibility index (Phi) is 4.01. The predicted octanol–water partition coefficient (Wildman–Crippen LogP) is 3.31. The molecule has 0 unspecified atom stereocenters. The second-order valence-corrected chi connectivity index (χ2v) is 3.97. The van der Waals surface area contributed by atoms with E-state index in [1.807, 2.05) is 13.0 Å². The third-order valence-corrected chi connectivity index (χ3v) is 2.89.